The third-order valence-electron chi connectivity index (χ3n) is 3.22. The summed E-state index contributed by atoms with van der Waals surface area (Å²) in [5.41, 5.74) is 4.56. The molecule has 16 heavy (non-hydrogen) atoms. The van der Waals surface area contributed by atoms with Gasteiger partial charge in [0.25, 0.3) is 0 Å². The summed E-state index contributed by atoms with van der Waals surface area (Å²) in [4.78, 5) is 24.5. The lowest BCUT2D eigenvalue weighted by Gasteiger charge is -2.31. The highest BCUT2D eigenvalue weighted by atomic mass is 16.4. The van der Waals surface area contributed by atoms with Crippen LogP contribution in [-0.4, -0.2) is 40.0 Å². The van der Waals surface area contributed by atoms with Crippen LogP contribution in [0.3, 0.4) is 0 Å². The van der Waals surface area contributed by atoms with E-state index in [4.69, 9.17) is 10.8 Å². The molecule has 0 bridgehead atoms. The van der Waals surface area contributed by atoms with Crippen molar-refractivity contribution >= 4 is 11.9 Å². The fourth-order valence-corrected chi connectivity index (χ4v) is 2.07. The second kappa shape index (κ2) is 4.82. The molecule has 1 aliphatic rings. The number of aliphatic carboxylic acids is 1. The molecule has 0 aromatic rings. The number of carboxylic acid groups (broad SMARTS) is 1. The minimum atomic E-state index is -1.02. The Morgan fingerprint density at radius 2 is 2.19 bits per heavy atom. The Bertz CT molecular complexity index is 291. The normalized spacial score (nSPS) is 26.8. The Hall–Kier alpha value is -1.10. The molecule has 1 rings (SSSR count). The van der Waals surface area contributed by atoms with E-state index in [0.29, 0.717) is 25.8 Å². The molecule has 5 nitrogen and oxygen atoms in total. The zero-order valence-electron chi connectivity index (χ0n) is 9.90. The molecule has 1 fully saturated rings. The first-order chi connectivity index (χ1) is 7.38. The number of carbonyl (C=O) groups is 2. The number of amides is 1. The summed E-state index contributed by atoms with van der Waals surface area (Å²) < 4.78 is 0. The van der Waals surface area contributed by atoms with Crippen molar-refractivity contribution in [3.63, 3.8) is 0 Å². The van der Waals surface area contributed by atoms with Gasteiger partial charge in [0.05, 0.1) is 0 Å². The van der Waals surface area contributed by atoms with Crippen LogP contribution in [0.15, 0.2) is 0 Å². The summed E-state index contributed by atoms with van der Waals surface area (Å²) in [6.07, 6.45) is 2.23. The Morgan fingerprint density at radius 1 is 1.56 bits per heavy atom. The van der Waals surface area contributed by atoms with Gasteiger partial charge in [-0.05, 0) is 33.1 Å². The van der Waals surface area contributed by atoms with E-state index in [1.54, 1.807) is 6.92 Å². The number of rotatable bonds is 4. The largest absolute Gasteiger partial charge is 0.480 e. The predicted octanol–water partition coefficient (Wildman–Crippen LogP) is 0.579. The van der Waals surface area contributed by atoms with Crippen LogP contribution in [0.2, 0.25) is 0 Å². The zero-order chi connectivity index (χ0) is 12.3. The zero-order valence-corrected chi connectivity index (χ0v) is 9.90. The van der Waals surface area contributed by atoms with Gasteiger partial charge < -0.3 is 15.7 Å². The van der Waals surface area contributed by atoms with Crippen molar-refractivity contribution in [2.24, 2.45) is 5.73 Å². The molecule has 92 valence electrons. The number of likely N-dealkylation sites (tertiary alicyclic amines) is 1. The van der Waals surface area contributed by atoms with Gasteiger partial charge in [-0.15, -0.1) is 0 Å². The fourth-order valence-electron chi connectivity index (χ4n) is 2.07. The Kier molecular flexibility index (Phi) is 3.91. The van der Waals surface area contributed by atoms with Crippen molar-refractivity contribution in [2.75, 3.05) is 6.54 Å². The molecule has 0 aliphatic carbocycles. The van der Waals surface area contributed by atoms with Crippen LogP contribution in [0.5, 0.6) is 0 Å². The number of hydrogen-bond acceptors (Lipinski definition) is 3. The van der Waals surface area contributed by atoms with Gasteiger partial charge in [-0.1, -0.05) is 0 Å². The molecule has 0 radical (unpaired) electrons. The predicted molar refractivity (Wildman–Crippen MR) is 59.9 cm³/mol. The number of carbonyl (C=O) groups excluding carboxylic acids is 1. The van der Waals surface area contributed by atoms with Gasteiger partial charge in [0.1, 0.15) is 5.54 Å². The molecule has 0 saturated carbocycles. The maximum Gasteiger partial charge on any atom is 0.329 e. The molecule has 0 spiro atoms. The number of hydrogen-bond donors (Lipinski definition) is 2. The van der Waals surface area contributed by atoms with Gasteiger partial charge in [0.2, 0.25) is 5.91 Å². The van der Waals surface area contributed by atoms with Crippen molar-refractivity contribution in [2.45, 2.75) is 51.1 Å². The minimum Gasteiger partial charge on any atom is -0.480 e. The maximum atomic E-state index is 11.9. The number of carboxylic acids is 1. The smallest absolute Gasteiger partial charge is 0.329 e. The number of nitrogens with two attached hydrogens (primary N) is 1. The quantitative estimate of drug-likeness (QED) is 0.737. The Balaban J connectivity index is 2.65. The molecular weight excluding hydrogens is 208 g/mol. The molecule has 1 saturated heterocycles. The first-order valence-corrected chi connectivity index (χ1v) is 5.67. The van der Waals surface area contributed by atoms with Gasteiger partial charge in [-0.2, -0.15) is 0 Å². The Morgan fingerprint density at radius 3 is 2.69 bits per heavy atom. The second-order valence-electron chi connectivity index (χ2n) is 4.74. The van der Waals surface area contributed by atoms with E-state index >= 15 is 0 Å². The van der Waals surface area contributed by atoms with E-state index in [9.17, 15) is 9.59 Å². The first-order valence-electron chi connectivity index (χ1n) is 5.67. The van der Waals surface area contributed by atoms with Crippen molar-refractivity contribution in [1.82, 2.24) is 4.90 Å². The van der Waals surface area contributed by atoms with Crippen LogP contribution in [0.4, 0.5) is 0 Å². The highest BCUT2D eigenvalue weighted by Crippen LogP contribution is 2.30. The molecule has 0 aromatic carbocycles. The summed E-state index contributed by atoms with van der Waals surface area (Å²) in [6, 6.07) is -0.0253. The summed E-state index contributed by atoms with van der Waals surface area (Å²) in [6.45, 7) is 4.00. The van der Waals surface area contributed by atoms with Crippen molar-refractivity contribution < 1.29 is 14.7 Å². The van der Waals surface area contributed by atoms with E-state index in [-0.39, 0.29) is 11.9 Å². The molecule has 0 aromatic heterocycles. The summed E-state index contributed by atoms with van der Waals surface area (Å²) in [7, 11) is 0. The average molecular weight is 228 g/mol. The van der Waals surface area contributed by atoms with E-state index in [0.717, 1.165) is 6.42 Å². The van der Waals surface area contributed by atoms with Crippen LogP contribution in [-0.2, 0) is 9.59 Å². The molecule has 2 atom stereocenters. The lowest BCUT2D eigenvalue weighted by atomic mass is 9.99. The van der Waals surface area contributed by atoms with Crippen LogP contribution in [0, 0.1) is 0 Å². The molecule has 5 heteroatoms. The topological polar surface area (TPSA) is 83.6 Å². The molecule has 1 aliphatic heterocycles. The van der Waals surface area contributed by atoms with Crippen LogP contribution >= 0.6 is 0 Å². The Labute approximate surface area is 95.6 Å². The molecule has 3 N–H and O–H groups in total. The van der Waals surface area contributed by atoms with E-state index in [1.165, 1.54) is 4.90 Å². The van der Waals surface area contributed by atoms with Gasteiger partial charge in [0, 0.05) is 19.0 Å². The summed E-state index contributed by atoms with van der Waals surface area (Å²) in [5.74, 6) is -1.01. The van der Waals surface area contributed by atoms with E-state index in [2.05, 4.69) is 0 Å². The third-order valence-corrected chi connectivity index (χ3v) is 3.22. The lowest BCUT2D eigenvalue weighted by molar-refractivity contribution is -0.155. The molecule has 1 heterocycles. The van der Waals surface area contributed by atoms with Crippen LogP contribution < -0.4 is 5.73 Å². The minimum absolute atomic E-state index is 0.0253. The number of nitrogens with zero attached hydrogens (tertiary/aromatic N) is 1. The van der Waals surface area contributed by atoms with Crippen molar-refractivity contribution in [1.29, 1.82) is 0 Å². The van der Waals surface area contributed by atoms with Crippen molar-refractivity contribution in [3.8, 4) is 0 Å². The standard InChI is InChI=1S/C11H20N2O3/c1-8(12)4-5-9(14)13-7-3-6-11(13,2)10(15)16/h8H,3-7,12H2,1-2H3,(H,15,16). The van der Waals surface area contributed by atoms with E-state index in [1.807, 2.05) is 6.92 Å². The third kappa shape index (κ3) is 2.52. The lowest BCUT2D eigenvalue weighted by Crippen LogP contribution is -2.50. The second-order valence-corrected chi connectivity index (χ2v) is 4.74. The molecule has 2 unspecified atom stereocenters. The average Bonchev–Trinajstić information content (AvgIpc) is 2.58. The molecular formula is C11H20N2O3. The van der Waals surface area contributed by atoms with Crippen molar-refractivity contribution in [3.05, 3.63) is 0 Å². The SMILES string of the molecule is CC(N)CCC(=O)N1CCCC1(C)C(=O)O. The molecule has 1 amide bonds. The van der Waals surface area contributed by atoms with E-state index < -0.39 is 11.5 Å². The maximum absolute atomic E-state index is 11.9. The van der Waals surface area contributed by atoms with Gasteiger partial charge in [-0.3, -0.25) is 4.79 Å². The monoisotopic (exact) mass is 228 g/mol. The van der Waals surface area contributed by atoms with Gasteiger partial charge in [-0.25, -0.2) is 4.79 Å². The van der Waals surface area contributed by atoms with Gasteiger partial charge >= 0.3 is 5.97 Å². The summed E-state index contributed by atoms with van der Waals surface area (Å²) >= 11 is 0. The van der Waals surface area contributed by atoms with Crippen LogP contribution in [0.1, 0.15) is 39.5 Å². The highest BCUT2D eigenvalue weighted by Gasteiger charge is 2.45. The first kappa shape index (κ1) is 13.0. The highest BCUT2D eigenvalue weighted by molar-refractivity contribution is 5.87. The summed E-state index contributed by atoms with van der Waals surface area (Å²) in [5, 5.41) is 9.15. The fraction of sp³-hybridized carbons (Fsp3) is 0.818. The van der Waals surface area contributed by atoms with Gasteiger partial charge in [0.15, 0.2) is 0 Å². The van der Waals surface area contributed by atoms with Crippen LogP contribution in [0.25, 0.3) is 0 Å².